The molecule has 1 aliphatic carbocycles. The van der Waals surface area contributed by atoms with Crippen molar-refractivity contribution in [2.45, 2.75) is 52.9 Å². The van der Waals surface area contributed by atoms with Crippen molar-refractivity contribution in [2.75, 3.05) is 0 Å². The topological polar surface area (TPSA) is 37.3 Å². The van der Waals surface area contributed by atoms with Gasteiger partial charge in [0.15, 0.2) is 0 Å². The van der Waals surface area contributed by atoms with Gasteiger partial charge in [0.1, 0.15) is 0 Å². The van der Waals surface area contributed by atoms with E-state index in [0.717, 1.165) is 24.3 Å². The number of carbonyl (C=O) groups is 1. The predicted octanol–water partition coefficient (Wildman–Crippen LogP) is 5.10. The van der Waals surface area contributed by atoms with Gasteiger partial charge in [0.25, 0.3) is 0 Å². The monoisotopic (exact) mass is 286 g/mol. The van der Waals surface area contributed by atoms with Crippen LogP contribution in [0, 0.1) is 11.3 Å². The van der Waals surface area contributed by atoms with Crippen LogP contribution in [0.25, 0.3) is 5.57 Å². The minimum Gasteiger partial charge on any atom is -0.481 e. The van der Waals surface area contributed by atoms with Crippen molar-refractivity contribution in [3.05, 3.63) is 41.5 Å². The van der Waals surface area contributed by atoms with Crippen LogP contribution in [0.4, 0.5) is 0 Å². The van der Waals surface area contributed by atoms with Crippen molar-refractivity contribution in [3.63, 3.8) is 0 Å². The molecular formula is C19H26O2. The predicted molar refractivity (Wildman–Crippen MR) is 87.3 cm³/mol. The molecule has 0 saturated heterocycles. The number of allylic oxidation sites excluding steroid dienone is 2. The van der Waals surface area contributed by atoms with E-state index in [9.17, 15) is 4.79 Å². The Hall–Kier alpha value is -1.57. The van der Waals surface area contributed by atoms with Gasteiger partial charge in [-0.15, -0.1) is 0 Å². The van der Waals surface area contributed by atoms with Crippen LogP contribution < -0.4 is 0 Å². The second-order valence-corrected chi connectivity index (χ2v) is 7.25. The summed E-state index contributed by atoms with van der Waals surface area (Å²) >= 11 is 0. The molecule has 114 valence electrons. The number of aliphatic carboxylic acids is 1. The van der Waals surface area contributed by atoms with E-state index in [4.69, 9.17) is 5.11 Å². The largest absolute Gasteiger partial charge is 0.481 e. The van der Waals surface area contributed by atoms with Gasteiger partial charge in [0.05, 0.1) is 5.92 Å². The summed E-state index contributed by atoms with van der Waals surface area (Å²) in [6.45, 7) is 8.68. The van der Waals surface area contributed by atoms with Crippen molar-refractivity contribution < 1.29 is 9.90 Å². The van der Waals surface area contributed by atoms with Gasteiger partial charge in [-0.2, -0.15) is 0 Å². The van der Waals surface area contributed by atoms with Gasteiger partial charge in [0, 0.05) is 0 Å². The molecule has 2 unspecified atom stereocenters. The molecule has 2 atom stereocenters. The molecule has 2 heteroatoms. The molecule has 21 heavy (non-hydrogen) atoms. The zero-order chi connectivity index (χ0) is 15.6. The first-order valence-corrected chi connectivity index (χ1v) is 7.81. The molecule has 1 aromatic rings. The Labute approximate surface area is 127 Å². The van der Waals surface area contributed by atoms with E-state index < -0.39 is 11.9 Å². The van der Waals surface area contributed by atoms with Crippen molar-refractivity contribution in [3.8, 4) is 0 Å². The normalized spacial score (nSPS) is 20.8. The summed E-state index contributed by atoms with van der Waals surface area (Å²) in [5, 5.41) is 9.05. The molecule has 0 heterocycles. The number of rotatable bonds is 3. The molecule has 0 bridgehead atoms. The molecule has 0 fully saturated rings. The van der Waals surface area contributed by atoms with Crippen LogP contribution in [0.3, 0.4) is 0 Å². The standard InChI is InChI=1S/C19H26O2/c1-13(18(20)21)14-5-7-15(8-6-14)16-9-11-17(12-10-16)19(2,3)4/h5-9,13,17H,10-12H2,1-4H3,(H,20,21). The molecule has 2 nitrogen and oxygen atoms in total. The van der Waals surface area contributed by atoms with Crippen molar-refractivity contribution in [2.24, 2.45) is 11.3 Å². The van der Waals surface area contributed by atoms with E-state index in [-0.39, 0.29) is 0 Å². The highest BCUT2D eigenvalue weighted by Gasteiger charge is 2.26. The maximum atomic E-state index is 11.0. The van der Waals surface area contributed by atoms with Crippen LogP contribution in [0.2, 0.25) is 0 Å². The number of hydrogen-bond donors (Lipinski definition) is 1. The minimum atomic E-state index is -0.771. The van der Waals surface area contributed by atoms with E-state index in [1.54, 1.807) is 6.92 Å². The highest BCUT2D eigenvalue weighted by atomic mass is 16.4. The molecule has 0 radical (unpaired) electrons. The summed E-state index contributed by atoms with van der Waals surface area (Å²) in [6, 6.07) is 8.03. The van der Waals surface area contributed by atoms with Crippen LogP contribution >= 0.6 is 0 Å². The van der Waals surface area contributed by atoms with Crippen molar-refractivity contribution in [1.29, 1.82) is 0 Å². The first-order valence-electron chi connectivity index (χ1n) is 7.81. The number of carboxylic acid groups (broad SMARTS) is 1. The summed E-state index contributed by atoms with van der Waals surface area (Å²) in [7, 11) is 0. The molecule has 0 aromatic heterocycles. The van der Waals surface area contributed by atoms with Crippen LogP contribution in [-0.2, 0) is 4.79 Å². The fourth-order valence-electron chi connectivity index (χ4n) is 3.01. The molecule has 0 saturated carbocycles. The zero-order valence-electron chi connectivity index (χ0n) is 13.5. The molecule has 0 amide bonds. The quantitative estimate of drug-likeness (QED) is 0.839. The summed E-state index contributed by atoms with van der Waals surface area (Å²) in [5.41, 5.74) is 3.90. The Bertz CT molecular complexity index is 532. The summed E-state index contributed by atoms with van der Waals surface area (Å²) < 4.78 is 0. The van der Waals surface area contributed by atoms with Crippen LogP contribution in [0.15, 0.2) is 30.3 Å². The molecular weight excluding hydrogens is 260 g/mol. The Morgan fingerprint density at radius 2 is 1.86 bits per heavy atom. The number of hydrogen-bond acceptors (Lipinski definition) is 1. The Kier molecular flexibility index (Phi) is 4.55. The molecule has 0 spiro atoms. The first kappa shape index (κ1) is 15.8. The highest BCUT2D eigenvalue weighted by molar-refractivity contribution is 5.76. The second-order valence-electron chi connectivity index (χ2n) is 7.25. The van der Waals surface area contributed by atoms with E-state index in [2.05, 4.69) is 39.0 Å². The average Bonchev–Trinajstić information content (AvgIpc) is 2.46. The third kappa shape index (κ3) is 3.75. The maximum Gasteiger partial charge on any atom is 0.310 e. The summed E-state index contributed by atoms with van der Waals surface area (Å²) in [5.74, 6) is -0.454. The van der Waals surface area contributed by atoms with E-state index in [1.165, 1.54) is 17.6 Å². The second kappa shape index (κ2) is 6.05. The van der Waals surface area contributed by atoms with E-state index >= 15 is 0 Å². The fourth-order valence-corrected chi connectivity index (χ4v) is 3.01. The zero-order valence-corrected chi connectivity index (χ0v) is 13.5. The number of carboxylic acids is 1. The van der Waals surface area contributed by atoms with Gasteiger partial charge in [-0.25, -0.2) is 0 Å². The lowest BCUT2D eigenvalue weighted by atomic mass is 9.72. The van der Waals surface area contributed by atoms with E-state index in [1.807, 2.05) is 12.1 Å². The molecule has 1 N–H and O–H groups in total. The fraction of sp³-hybridized carbons (Fsp3) is 0.526. The minimum absolute atomic E-state index is 0.378. The lowest BCUT2D eigenvalue weighted by Gasteiger charge is -2.33. The molecule has 2 rings (SSSR count). The Morgan fingerprint density at radius 1 is 1.24 bits per heavy atom. The van der Waals surface area contributed by atoms with Crippen molar-refractivity contribution in [1.82, 2.24) is 0 Å². The van der Waals surface area contributed by atoms with Gasteiger partial charge < -0.3 is 5.11 Å². The summed E-state index contributed by atoms with van der Waals surface area (Å²) in [6.07, 6.45) is 5.87. The molecule has 1 aliphatic rings. The Balaban J connectivity index is 2.10. The maximum absolute atomic E-state index is 11.0. The van der Waals surface area contributed by atoms with Gasteiger partial charge in [-0.3, -0.25) is 4.79 Å². The average molecular weight is 286 g/mol. The van der Waals surface area contributed by atoms with Gasteiger partial charge in [-0.05, 0) is 54.2 Å². The lowest BCUT2D eigenvalue weighted by Crippen LogP contribution is -2.21. The summed E-state index contributed by atoms with van der Waals surface area (Å²) in [4.78, 5) is 11.0. The first-order chi connectivity index (χ1) is 9.79. The van der Waals surface area contributed by atoms with Gasteiger partial charge in [-0.1, -0.05) is 51.1 Å². The third-order valence-electron chi connectivity index (χ3n) is 4.79. The smallest absolute Gasteiger partial charge is 0.310 e. The lowest BCUT2D eigenvalue weighted by molar-refractivity contribution is -0.138. The third-order valence-corrected chi connectivity index (χ3v) is 4.79. The van der Waals surface area contributed by atoms with Crippen LogP contribution in [-0.4, -0.2) is 11.1 Å². The molecule has 0 aliphatic heterocycles. The Morgan fingerprint density at radius 3 is 2.29 bits per heavy atom. The number of benzene rings is 1. The SMILES string of the molecule is CC(C(=O)O)c1ccc(C2=CCC(C(C)(C)C)CC2)cc1. The van der Waals surface area contributed by atoms with Crippen molar-refractivity contribution >= 4 is 11.5 Å². The van der Waals surface area contributed by atoms with Crippen LogP contribution in [0.1, 0.15) is 64.0 Å². The highest BCUT2D eigenvalue weighted by Crippen LogP contribution is 2.39. The van der Waals surface area contributed by atoms with E-state index in [0.29, 0.717) is 5.41 Å². The van der Waals surface area contributed by atoms with Gasteiger partial charge in [0.2, 0.25) is 0 Å². The van der Waals surface area contributed by atoms with Gasteiger partial charge >= 0.3 is 5.97 Å². The van der Waals surface area contributed by atoms with Crippen LogP contribution in [0.5, 0.6) is 0 Å². The molecule has 1 aromatic carbocycles.